The molecule has 0 N–H and O–H groups in total. The molecule has 0 aromatic heterocycles. The summed E-state index contributed by atoms with van der Waals surface area (Å²) in [6.45, 7) is 0. The van der Waals surface area contributed by atoms with Gasteiger partial charge in [0.25, 0.3) is 0 Å². The summed E-state index contributed by atoms with van der Waals surface area (Å²) in [4.78, 5) is 0. The van der Waals surface area contributed by atoms with Crippen molar-refractivity contribution in [3.8, 4) is 0 Å². The van der Waals surface area contributed by atoms with Gasteiger partial charge in [0.05, 0.1) is 8.41 Å². The van der Waals surface area contributed by atoms with Crippen LogP contribution in [0.25, 0.3) is 0 Å². The van der Waals surface area contributed by atoms with Gasteiger partial charge in [-0.15, -0.1) is 0 Å². The van der Waals surface area contributed by atoms with Crippen molar-refractivity contribution in [2.75, 3.05) is 0 Å². The molecule has 6 heavy (non-hydrogen) atoms. The van der Waals surface area contributed by atoms with Crippen LogP contribution in [-0.2, 0) is 21.4 Å². The second kappa shape index (κ2) is 47.6. The zero-order valence-electron chi connectivity index (χ0n) is 2.72. The molecule has 6 heteroatoms. The Balaban J connectivity index is -0.000000000833. The summed E-state index contributed by atoms with van der Waals surface area (Å²) < 4.78 is 8.36. The van der Waals surface area contributed by atoms with Gasteiger partial charge < -0.3 is 0 Å². The van der Waals surface area contributed by atoms with Crippen LogP contribution < -0.4 is 0 Å². The second-order valence-corrected chi connectivity index (χ2v) is 0. The summed E-state index contributed by atoms with van der Waals surface area (Å²) in [7, 11) is 0. The molecule has 0 aromatic carbocycles. The predicted octanol–water partition coefficient (Wildman–Crippen LogP) is -2.54. The third-order valence-corrected chi connectivity index (χ3v) is 0. The maximum Gasteiger partial charge on any atom is 0 e. The van der Waals surface area contributed by atoms with E-state index in [0.29, 0.717) is 0 Å². The molecule has 0 amide bonds. The van der Waals surface area contributed by atoms with E-state index in [1.807, 2.05) is 0 Å². The van der Waals surface area contributed by atoms with Gasteiger partial charge in [-0.2, -0.15) is 9.90 Å². The first-order valence-corrected chi connectivity index (χ1v) is 1.60. The molecule has 0 fully saturated rings. The third-order valence-electron chi connectivity index (χ3n) is 0. The van der Waals surface area contributed by atoms with E-state index in [0.717, 1.165) is 0 Å². The summed E-state index contributed by atoms with van der Waals surface area (Å²) >= 11 is 0.194. The Morgan fingerprint density at radius 1 is 1.17 bits per heavy atom. The van der Waals surface area contributed by atoms with Gasteiger partial charge in [-0.05, 0) is 0 Å². The van der Waals surface area contributed by atoms with Crippen molar-refractivity contribution < 1.29 is 21.4 Å². The van der Waals surface area contributed by atoms with Crippen LogP contribution in [0.4, 0.5) is 0 Å². The standard InChI is InChI=1S/BH3.Bi.O.H3P.Pb.V.2H/h1H3;;;1H3;;;;. The molecular weight excluding hydrogens is 525 g/mol. The Hall–Kier alpha value is 2.68. The van der Waals surface area contributed by atoms with Crippen molar-refractivity contribution in [3.63, 3.8) is 0 Å². The van der Waals surface area contributed by atoms with Gasteiger partial charge in [-0.25, -0.2) is 0 Å². The quantitative estimate of drug-likeness (QED) is 0.248. The van der Waals surface area contributed by atoms with Gasteiger partial charge in [0.2, 0.25) is 0 Å². The Kier molecular flexibility index (Phi) is 300. The summed E-state index contributed by atoms with van der Waals surface area (Å²) in [6, 6.07) is 0. The maximum absolute atomic E-state index is 8.36. The average Bonchev–Trinajstić information content (AvgIpc) is 1.00. The van der Waals surface area contributed by atoms with Crippen molar-refractivity contribution in [3.05, 3.63) is 0 Å². The Morgan fingerprint density at radius 3 is 1.17 bits per heavy atom. The van der Waals surface area contributed by atoms with E-state index in [2.05, 4.69) is 0 Å². The largest absolute Gasteiger partial charge is 0 e. The Morgan fingerprint density at radius 2 is 1.17 bits per heavy atom. The van der Waals surface area contributed by atoms with Crippen molar-refractivity contribution in [2.45, 2.75) is 0 Å². The Labute approximate surface area is 90.3 Å². The van der Waals surface area contributed by atoms with Crippen LogP contribution in [-0.4, -0.2) is 60.4 Å². The fourth-order valence-corrected chi connectivity index (χ4v) is 0. The molecule has 0 bridgehead atoms. The van der Waals surface area contributed by atoms with Crippen LogP contribution in [0.15, 0.2) is 0 Å². The summed E-state index contributed by atoms with van der Waals surface area (Å²) in [5.41, 5.74) is 0. The number of hydrogen-bond donors (Lipinski definition) is 0. The van der Waals surface area contributed by atoms with Crippen molar-refractivity contribution in [2.24, 2.45) is 0 Å². The van der Waals surface area contributed by atoms with E-state index in [9.17, 15) is 0 Å². The van der Waals surface area contributed by atoms with Crippen LogP contribution in [0.1, 0.15) is 0 Å². The molecule has 0 rings (SSSR count). The van der Waals surface area contributed by atoms with Crippen LogP contribution in [0.3, 0.4) is 0 Å². The van der Waals surface area contributed by atoms with Gasteiger partial charge in [0, 0.05) is 18.6 Å². The smallest absolute Gasteiger partial charge is 0 e. The summed E-state index contributed by atoms with van der Waals surface area (Å²) in [5.74, 6) is 0. The minimum Gasteiger partial charge on any atom is 0 e. The third kappa shape index (κ3) is 30.0. The van der Waals surface area contributed by atoms with E-state index in [1.165, 1.54) is 0 Å². The second-order valence-electron chi connectivity index (χ2n) is 0. The monoisotopic (exact) mass is 534 g/mol. The molecule has 1 atom stereocenters. The van der Waals surface area contributed by atoms with Crippen LogP contribution >= 0.6 is 9.90 Å². The zero-order valence-corrected chi connectivity index (χ0v) is 14.5. The number of rotatable bonds is 0. The van der Waals surface area contributed by atoms with Gasteiger partial charge in [-0.1, -0.05) is 0 Å². The van der Waals surface area contributed by atoms with Gasteiger partial charge in [-0.3, -0.25) is 0 Å². The van der Waals surface area contributed by atoms with Crippen molar-refractivity contribution >= 4 is 70.3 Å². The predicted molar refractivity (Wildman–Crippen MR) is 36.0 cm³/mol. The van der Waals surface area contributed by atoms with Crippen LogP contribution in [0, 0.1) is 0 Å². The first kappa shape index (κ1) is 37.8. The van der Waals surface area contributed by atoms with Crippen molar-refractivity contribution in [1.29, 1.82) is 0 Å². The molecule has 36 valence electrons. The fourth-order valence-electron chi connectivity index (χ4n) is 0. The maximum atomic E-state index is 8.36. The van der Waals surface area contributed by atoms with E-state index in [4.69, 9.17) is 2.81 Å². The zero-order chi connectivity index (χ0) is 2.00. The minimum absolute atomic E-state index is 0. The summed E-state index contributed by atoms with van der Waals surface area (Å²) in [5, 5.41) is 0. The average molecular weight is 533 g/mol. The van der Waals surface area contributed by atoms with Gasteiger partial charge in [0.15, 0.2) is 0 Å². The molecule has 4 radical (unpaired) electrons. The molecular formula is H8BBiOPPbV. The normalized spacial score (nSPS) is 0.667. The molecule has 0 aliphatic rings. The molecule has 0 spiro atoms. The Bertz CT molecular complexity index is 15.5. The molecule has 0 saturated heterocycles. The fraction of sp³-hybridized carbons (Fsp3) is 0. The molecule has 1 nitrogen and oxygen atoms in total. The molecule has 0 aromatic rings. The van der Waals surface area contributed by atoms with Crippen LogP contribution in [0.5, 0.6) is 0 Å². The summed E-state index contributed by atoms with van der Waals surface area (Å²) in [6.07, 6.45) is 0. The first-order chi connectivity index (χ1) is 1.00. The van der Waals surface area contributed by atoms with Crippen molar-refractivity contribution in [1.82, 2.24) is 0 Å². The topological polar surface area (TPSA) is 17.1 Å². The molecule has 0 aliphatic carbocycles. The van der Waals surface area contributed by atoms with E-state index < -0.39 is 0 Å². The van der Waals surface area contributed by atoms with E-state index >= 15 is 0 Å². The number of hydrogen-bond acceptors (Lipinski definition) is 1. The SMILES string of the molecule is B.P.[O]=[Bi].[PbH2].[V]. The van der Waals surface area contributed by atoms with E-state index in [1.54, 1.807) is 0 Å². The van der Waals surface area contributed by atoms with Gasteiger partial charge >= 0.3 is 54.8 Å². The van der Waals surface area contributed by atoms with E-state index in [-0.39, 0.29) is 88.9 Å². The molecule has 1 unspecified atom stereocenters. The van der Waals surface area contributed by atoms with Gasteiger partial charge in [0.1, 0.15) is 0 Å². The van der Waals surface area contributed by atoms with Crippen LogP contribution in [0.2, 0.25) is 0 Å². The first-order valence-electron chi connectivity index (χ1n) is 0.183. The molecule has 0 saturated carbocycles. The molecule has 0 heterocycles. The minimum atomic E-state index is 0. The molecule has 0 aliphatic heterocycles.